The highest BCUT2D eigenvalue weighted by molar-refractivity contribution is 14.0. The molecule has 0 bridgehead atoms. The maximum absolute atomic E-state index is 4.65. The smallest absolute Gasteiger partial charge is 0.191 e. The van der Waals surface area contributed by atoms with E-state index in [4.69, 9.17) is 0 Å². The maximum atomic E-state index is 4.65. The van der Waals surface area contributed by atoms with Gasteiger partial charge >= 0.3 is 0 Å². The monoisotopic (exact) mass is 489 g/mol. The second kappa shape index (κ2) is 10.8. The number of halogens is 1. The lowest BCUT2D eigenvalue weighted by Gasteiger charge is -2.32. The highest BCUT2D eigenvalue weighted by atomic mass is 127. The molecule has 0 saturated carbocycles. The van der Waals surface area contributed by atoms with Crippen LogP contribution in [0.4, 0.5) is 0 Å². The first-order chi connectivity index (χ1) is 12.2. The van der Waals surface area contributed by atoms with Crippen molar-refractivity contribution in [1.29, 1.82) is 0 Å². The molecule has 1 aliphatic heterocycles. The van der Waals surface area contributed by atoms with Gasteiger partial charge in [-0.1, -0.05) is 0 Å². The van der Waals surface area contributed by atoms with Gasteiger partial charge in [0.25, 0.3) is 0 Å². The second-order valence-electron chi connectivity index (χ2n) is 6.32. The Labute approximate surface area is 176 Å². The van der Waals surface area contributed by atoms with Crippen molar-refractivity contribution in [3.8, 4) is 0 Å². The van der Waals surface area contributed by atoms with E-state index in [0.29, 0.717) is 12.6 Å². The minimum atomic E-state index is 0. The summed E-state index contributed by atoms with van der Waals surface area (Å²) in [5, 5.41) is 15.4. The number of aromatic nitrogens is 3. The van der Waals surface area contributed by atoms with Crippen LogP contribution in [0.1, 0.15) is 31.2 Å². The van der Waals surface area contributed by atoms with Crippen LogP contribution in [0.5, 0.6) is 0 Å². The number of nitrogens with one attached hydrogen (secondary N) is 2. The lowest BCUT2D eigenvalue weighted by molar-refractivity contribution is 0.198. The predicted molar refractivity (Wildman–Crippen MR) is 117 cm³/mol. The highest BCUT2D eigenvalue weighted by Crippen LogP contribution is 2.15. The summed E-state index contributed by atoms with van der Waals surface area (Å²) in [6.07, 6.45) is 3.84. The van der Waals surface area contributed by atoms with Crippen molar-refractivity contribution in [3.63, 3.8) is 0 Å². The zero-order chi connectivity index (χ0) is 17.5. The van der Waals surface area contributed by atoms with Gasteiger partial charge in [-0.15, -0.1) is 24.0 Å². The summed E-state index contributed by atoms with van der Waals surface area (Å²) in [6.45, 7) is 6.77. The van der Waals surface area contributed by atoms with Gasteiger partial charge in [0.15, 0.2) is 5.96 Å². The summed E-state index contributed by atoms with van der Waals surface area (Å²) in [4.78, 5) is 11.4. The summed E-state index contributed by atoms with van der Waals surface area (Å²) in [6, 6.07) is 2.69. The summed E-state index contributed by atoms with van der Waals surface area (Å²) in [5.41, 5.74) is 1.43. The van der Waals surface area contributed by atoms with Crippen LogP contribution in [0.25, 0.3) is 0 Å². The molecule has 9 heteroatoms. The molecule has 0 atom stereocenters. The fourth-order valence-electron chi connectivity index (χ4n) is 3.00. The lowest BCUT2D eigenvalue weighted by Crippen LogP contribution is -2.48. The molecule has 26 heavy (non-hydrogen) atoms. The topological polar surface area (TPSA) is 70.4 Å². The zero-order valence-electron chi connectivity index (χ0n) is 15.4. The fraction of sp³-hybridized carbons (Fsp3) is 0.588. The molecule has 3 rings (SSSR count). The van der Waals surface area contributed by atoms with Gasteiger partial charge in [0.2, 0.25) is 0 Å². The van der Waals surface area contributed by atoms with E-state index in [1.165, 1.54) is 5.56 Å². The first kappa shape index (κ1) is 21.1. The number of aliphatic imine (C=N–C) groups is 1. The van der Waals surface area contributed by atoms with Crippen LogP contribution >= 0.6 is 35.3 Å². The Hall–Kier alpha value is -1.20. The van der Waals surface area contributed by atoms with E-state index in [9.17, 15) is 0 Å². The number of guanidine groups is 1. The molecule has 0 amide bonds. The third kappa shape index (κ3) is 6.20. The largest absolute Gasteiger partial charge is 0.357 e. The van der Waals surface area contributed by atoms with Crippen molar-refractivity contribution < 1.29 is 0 Å². The fourth-order valence-corrected chi connectivity index (χ4v) is 3.66. The summed E-state index contributed by atoms with van der Waals surface area (Å²) in [5.74, 6) is 1.73. The van der Waals surface area contributed by atoms with Gasteiger partial charge < -0.3 is 10.6 Å². The SMILES string of the molecule is CCNC(=NCc1ncnn1C)NC1CCN(Cc2ccsc2)CC1.I. The number of hydrogen-bond donors (Lipinski definition) is 2. The number of nitrogens with zero attached hydrogens (tertiary/aromatic N) is 5. The Morgan fingerprint density at radius 3 is 2.81 bits per heavy atom. The maximum Gasteiger partial charge on any atom is 0.191 e. The van der Waals surface area contributed by atoms with Crippen molar-refractivity contribution in [3.05, 3.63) is 34.5 Å². The first-order valence-electron chi connectivity index (χ1n) is 8.85. The Bertz CT molecular complexity index is 662. The van der Waals surface area contributed by atoms with Crippen LogP contribution in [0.15, 0.2) is 28.1 Å². The molecule has 2 N–H and O–H groups in total. The molecular formula is C17H28IN7S. The average molecular weight is 489 g/mol. The van der Waals surface area contributed by atoms with Gasteiger partial charge in [0.1, 0.15) is 18.7 Å². The number of thiophene rings is 1. The van der Waals surface area contributed by atoms with Crippen LogP contribution in [-0.4, -0.2) is 51.3 Å². The number of likely N-dealkylation sites (tertiary alicyclic amines) is 1. The van der Waals surface area contributed by atoms with E-state index >= 15 is 0 Å². The molecular weight excluding hydrogens is 461 g/mol. The third-order valence-electron chi connectivity index (χ3n) is 4.44. The second-order valence-corrected chi connectivity index (χ2v) is 7.10. The van der Waals surface area contributed by atoms with Crippen molar-refractivity contribution >= 4 is 41.3 Å². The molecule has 1 aliphatic rings. The van der Waals surface area contributed by atoms with Crippen LogP contribution in [0.2, 0.25) is 0 Å². The minimum absolute atomic E-state index is 0. The van der Waals surface area contributed by atoms with E-state index in [0.717, 1.165) is 50.8 Å². The van der Waals surface area contributed by atoms with Crippen molar-refractivity contribution in [1.82, 2.24) is 30.3 Å². The molecule has 0 spiro atoms. The summed E-state index contributed by atoms with van der Waals surface area (Å²) >= 11 is 1.77. The Balaban J connectivity index is 0.00000243. The molecule has 3 heterocycles. The van der Waals surface area contributed by atoms with Gasteiger partial charge in [-0.3, -0.25) is 9.58 Å². The van der Waals surface area contributed by atoms with E-state index in [2.05, 4.69) is 54.4 Å². The quantitative estimate of drug-likeness (QED) is 0.370. The normalized spacial score (nSPS) is 16.3. The molecule has 144 valence electrons. The van der Waals surface area contributed by atoms with Gasteiger partial charge in [0.05, 0.1) is 0 Å². The van der Waals surface area contributed by atoms with Crippen molar-refractivity contribution in [2.45, 2.75) is 38.9 Å². The zero-order valence-corrected chi connectivity index (χ0v) is 18.5. The Kier molecular flexibility index (Phi) is 8.79. The highest BCUT2D eigenvalue weighted by Gasteiger charge is 2.20. The van der Waals surface area contributed by atoms with E-state index in [-0.39, 0.29) is 24.0 Å². The van der Waals surface area contributed by atoms with Crippen LogP contribution in [-0.2, 0) is 20.1 Å². The van der Waals surface area contributed by atoms with Gasteiger partial charge in [-0.25, -0.2) is 9.98 Å². The Morgan fingerprint density at radius 2 is 2.19 bits per heavy atom. The summed E-state index contributed by atoms with van der Waals surface area (Å²) < 4.78 is 1.76. The van der Waals surface area contributed by atoms with Crippen molar-refractivity contribution in [2.75, 3.05) is 19.6 Å². The number of hydrogen-bond acceptors (Lipinski definition) is 5. The van der Waals surface area contributed by atoms with E-state index in [1.807, 2.05) is 7.05 Å². The molecule has 0 aromatic carbocycles. The van der Waals surface area contributed by atoms with Gasteiger partial charge in [0, 0.05) is 39.3 Å². The molecule has 0 radical (unpaired) electrons. The van der Waals surface area contributed by atoms with Gasteiger partial charge in [-0.05, 0) is 42.2 Å². The lowest BCUT2D eigenvalue weighted by atomic mass is 10.0. The molecule has 0 aliphatic carbocycles. The minimum Gasteiger partial charge on any atom is -0.357 e. The Morgan fingerprint density at radius 1 is 1.38 bits per heavy atom. The number of piperidine rings is 1. The third-order valence-corrected chi connectivity index (χ3v) is 5.17. The predicted octanol–water partition coefficient (Wildman–Crippen LogP) is 2.21. The van der Waals surface area contributed by atoms with Crippen LogP contribution < -0.4 is 10.6 Å². The molecule has 7 nitrogen and oxygen atoms in total. The molecule has 1 saturated heterocycles. The molecule has 0 unspecified atom stereocenters. The summed E-state index contributed by atoms with van der Waals surface area (Å²) in [7, 11) is 1.89. The van der Waals surface area contributed by atoms with Crippen LogP contribution in [0, 0.1) is 0 Å². The molecule has 2 aromatic rings. The average Bonchev–Trinajstić information content (AvgIpc) is 3.26. The van der Waals surface area contributed by atoms with E-state index in [1.54, 1.807) is 22.3 Å². The number of rotatable bonds is 6. The van der Waals surface area contributed by atoms with Crippen molar-refractivity contribution in [2.24, 2.45) is 12.0 Å². The standard InChI is InChI=1S/C17H27N7S.HI/c1-3-18-17(19-10-16-20-13-21-23(16)2)22-15-4-7-24(8-5-15)11-14-6-9-25-12-14;/h6,9,12-13,15H,3-5,7-8,10-11H2,1-2H3,(H2,18,19,22);1H. The number of aryl methyl sites for hydroxylation is 1. The van der Waals surface area contributed by atoms with E-state index < -0.39 is 0 Å². The van der Waals surface area contributed by atoms with Gasteiger partial charge in [-0.2, -0.15) is 16.4 Å². The molecule has 1 fully saturated rings. The van der Waals surface area contributed by atoms with Crippen LogP contribution in [0.3, 0.4) is 0 Å². The first-order valence-corrected chi connectivity index (χ1v) is 9.80. The molecule has 2 aromatic heterocycles.